The summed E-state index contributed by atoms with van der Waals surface area (Å²) < 4.78 is 15.0. The number of alkyl carbamates (subject to hydrolysis) is 1. The van der Waals surface area contributed by atoms with E-state index in [1.807, 2.05) is 39.8 Å². The summed E-state index contributed by atoms with van der Waals surface area (Å²) in [7, 11) is 2.51. The molecule has 0 aliphatic rings. The molecule has 0 saturated heterocycles. The molecule has 2 amide bonds. The number of hydrogen-bond acceptors (Lipinski definition) is 8. The van der Waals surface area contributed by atoms with Crippen molar-refractivity contribution in [3.63, 3.8) is 0 Å². The lowest BCUT2D eigenvalue weighted by Crippen LogP contribution is -2.48. The van der Waals surface area contributed by atoms with Crippen molar-refractivity contribution < 1.29 is 28.6 Å². The Labute approximate surface area is 242 Å². The molecule has 0 saturated carbocycles. The van der Waals surface area contributed by atoms with Crippen molar-refractivity contribution in [3.05, 3.63) is 58.7 Å². The highest BCUT2D eigenvalue weighted by atomic mass is 16.6. The zero-order valence-electron chi connectivity index (χ0n) is 25.2. The summed E-state index contributed by atoms with van der Waals surface area (Å²) >= 11 is 0. The first kappa shape index (κ1) is 32.8. The molecule has 41 heavy (non-hydrogen) atoms. The summed E-state index contributed by atoms with van der Waals surface area (Å²) in [4.78, 5) is 38.7. The van der Waals surface area contributed by atoms with E-state index in [2.05, 4.69) is 22.5 Å². The van der Waals surface area contributed by atoms with Crippen LogP contribution in [-0.4, -0.2) is 62.3 Å². The van der Waals surface area contributed by atoms with Gasteiger partial charge in [0, 0.05) is 35.7 Å². The van der Waals surface area contributed by atoms with Gasteiger partial charge in [0.15, 0.2) is 0 Å². The molecule has 0 aliphatic heterocycles. The first-order valence-electron chi connectivity index (χ1n) is 13.1. The van der Waals surface area contributed by atoms with E-state index in [0.29, 0.717) is 17.8 Å². The number of amidine groups is 1. The molecule has 10 nitrogen and oxygen atoms in total. The monoisotopic (exact) mass is 564 g/mol. The predicted octanol–water partition coefficient (Wildman–Crippen LogP) is 4.55. The normalized spacial score (nSPS) is 11.6. The molecule has 0 spiro atoms. The van der Waals surface area contributed by atoms with Crippen LogP contribution in [0, 0.1) is 31.1 Å². The Morgan fingerprint density at radius 1 is 1.02 bits per heavy atom. The number of ether oxygens (including phenoxy) is 3. The zero-order valence-corrected chi connectivity index (χ0v) is 25.2. The van der Waals surface area contributed by atoms with E-state index in [-0.39, 0.29) is 11.9 Å². The van der Waals surface area contributed by atoms with Crippen LogP contribution in [0.4, 0.5) is 16.2 Å². The second-order valence-corrected chi connectivity index (χ2v) is 10.6. The van der Waals surface area contributed by atoms with Gasteiger partial charge in [0.25, 0.3) is 5.91 Å². The number of carbonyl (C=O) groups excluding carboxylic acids is 3. The molecule has 0 heterocycles. The number of nitrogens with zero attached hydrogens (tertiary/aromatic N) is 1. The molecule has 220 valence electrons. The first-order valence-corrected chi connectivity index (χ1v) is 13.1. The number of nitrogens with one attached hydrogen (secondary N) is 3. The fraction of sp³-hybridized carbons (Fsp3) is 0.419. The lowest BCUT2D eigenvalue weighted by molar-refractivity contribution is -0.157. The highest BCUT2D eigenvalue weighted by Crippen LogP contribution is 2.27. The quantitative estimate of drug-likeness (QED) is 0.141. The molecule has 0 aliphatic carbocycles. The van der Waals surface area contributed by atoms with E-state index in [4.69, 9.17) is 19.6 Å². The van der Waals surface area contributed by atoms with Crippen molar-refractivity contribution in [3.8, 4) is 11.8 Å². The van der Waals surface area contributed by atoms with Crippen molar-refractivity contribution in [1.82, 2.24) is 5.32 Å². The fourth-order valence-corrected chi connectivity index (χ4v) is 3.90. The van der Waals surface area contributed by atoms with Crippen LogP contribution in [0.5, 0.6) is 0 Å². The Morgan fingerprint density at radius 3 is 2.20 bits per heavy atom. The third kappa shape index (κ3) is 9.36. The van der Waals surface area contributed by atoms with Crippen molar-refractivity contribution in [1.29, 1.82) is 5.41 Å². The highest BCUT2D eigenvalue weighted by molar-refractivity contribution is 6.09. The Hall–Kier alpha value is -4.36. The number of esters is 1. The third-order valence-corrected chi connectivity index (χ3v) is 5.84. The molecule has 0 aromatic heterocycles. The predicted molar refractivity (Wildman–Crippen MR) is 159 cm³/mol. The van der Waals surface area contributed by atoms with Crippen LogP contribution >= 0.6 is 0 Å². The number of rotatable bonds is 8. The van der Waals surface area contributed by atoms with Gasteiger partial charge in [-0.3, -0.25) is 15.5 Å². The molecule has 1 unspecified atom stereocenters. The Balaban J connectivity index is 2.10. The molecule has 2 aromatic carbocycles. The molecule has 1 atom stereocenters. The summed E-state index contributed by atoms with van der Waals surface area (Å²) in [5.74, 6) is 4.97. The lowest BCUT2D eigenvalue weighted by Gasteiger charge is -2.31. The van der Waals surface area contributed by atoms with Crippen molar-refractivity contribution >= 4 is 35.2 Å². The minimum absolute atomic E-state index is 0.0550. The van der Waals surface area contributed by atoms with E-state index in [9.17, 15) is 14.4 Å². The summed E-state index contributed by atoms with van der Waals surface area (Å²) in [5.41, 5.74) is 3.89. The maximum atomic E-state index is 13.2. The van der Waals surface area contributed by atoms with Crippen molar-refractivity contribution in [2.45, 2.75) is 66.2 Å². The molecule has 0 radical (unpaired) electrons. The smallest absolute Gasteiger partial charge is 0.413 e. The second-order valence-electron chi connectivity index (χ2n) is 10.6. The van der Waals surface area contributed by atoms with Gasteiger partial charge < -0.3 is 24.4 Å². The SMILES string of the molecule is COC(=O)C(OC)C(=O)N(c1cc(C)c(C#CCNc2ccc(C(=N)NC(=O)OC(C)(C)C)cc2)cc1C)C(C)C. The van der Waals surface area contributed by atoms with E-state index in [0.717, 1.165) is 22.4 Å². The minimum atomic E-state index is -1.35. The largest absolute Gasteiger partial charge is 0.467 e. The van der Waals surface area contributed by atoms with Gasteiger partial charge in [-0.15, -0.1) is 0 Å². The number of hydrogen-bond donors (Lipinski definition) is 3. The van der Waals surface area contributed by atoms with Crippen LogP contribution in [0.15, 0.2) is 36.4 Å². The van der Waals surface area contributed by atoms with Gasteiger partial charge in [-0.1, -0.05) is 11.8 Å². The van der Waals surface area contributed by atoms with Crippen LogP contribution in [0.2, 0.25) is 0 Å². The van der Waals surface area contributed by atoms with E-state index in [1.54, 1.807) is 49.9 Å². The third-order valence-electron chi connectivity index (χ3n) is 5.84. The minimum Gasteiger partial charge on any atom is -0.467 e. The maximum Gasteiger partial charge on any atom is 0.413 e. The van der Waals surface area contributed by atoms with Gasteiger partial charge >= 0.3 is 12.1 Å². The van der Waals surface area contributed by atoms with Gasteiger partial charge in [0.1, 0.15) is 11.4 Å². The van der Waals surface area contributed by atoms with Crippen LogP contribution in [0.1, 0.15) is 56.9 Å². The Morgan fingerprint density at radius 2 is 1.66 bits per heavy atom. The number of methoxy groups -OCH3 is 2. The number of aryl methyl sites for hydroxylation is 2. The summed E-state index contributed by atoms with van der Waals surface area (Å²) in [6, 6.07) is 10.6. The van der Waals surface area contributed by atoms with Crippen LogP contribution < -0.4 is 15.5 Å². The van der Waals surface area contributed by atoms with Gasteiger partial charge in [0.05, 0.1) is 13.7 Å². The fourth-order valence-electron chi connectivity index (χ4n) is 3.90. The summed E-state index contributed by atoms with van der Waals surface area (Å²) in [6.45, 7) is 13.2. The van der Waals surface area contributed by atoms with Gasteiger partial charge in [0.2, 0.25) is 6.10 Å². The second kappa shape index (κ2) is 14.3. The molecule has 0 fully saturated rings. The molecular formula is C31H40N4O6. The van der Waals surface area contributed by atoms with Crippen LogP contribution in [0.3, 0.4) is 0 Å². The number of anilines is 2. The van der Waals surface area contributed by atoms with E-state index >= 15 is 0 Å². The van der Waals surface area contributed by atoms with Gasteiger partial charge in [-0.05, 0) is 96.0 Å². The topological polar surface area (TPSA) is 130 Å². The molecular weight excluding hydrogens is 524 g/mol. The molecule has 10 heteroatoms. The highest BCUT2D eigenvalue weighted by Gasteiger charge is 2.34. The van der Waals surface area contributed by atoms with E-state index < -0.39 is 29.7 Å². The molecule has 3 N–H and O–H groups in total. The number of benzene rings is 2. The van der Waals surface area contributed by atoms with Gasteiger partial charge in [-0.2, -0.15) is 0 Å². The summed E-state index contributed by atoms with van der Waals surface area (Å²) in [6.07, 6.45) is -2.03. The first-order chi connectivity index (χ1) is 19.2. The summed E-state index contributed by atoms with van der Waals surface area (Å²) in [5, 5.41) is 13.7. The Kier molecular flexibility index (Phi) is 11.5. The molecule has 2 rings (SSSR count). The van der Waals surface area contributed by atoms with Crippen LogP contribution in [-0.2, 0) is 23.8 Å². The van der Waals surface area contributed by atoms with Gasteiger partial charge in [-0.25, -0.2) is 9.59 Å². The van der Waals surface area contributed by atoms with Crippen LogP contribution in [0.25, 0.3) is 0 Å². The Bertz CT molecular complexity index is 1330. The average molecular weight is 565 g/mol. The lowest BCUT2D eigenvalue weighted by atomic mass is 10.0. The molecule has 0 bridgehead atoms. The van der Waals surface area contributed by atoms with Crippen molar-refractivity contribution in [2.24, 2.45) is 0 Å². The zero-order chi connectivity index (χ0) is 30.9. The number of amides is 2. The number of carbonyl (C=O) groups is 3. The average Bonchev–Trinajstić information content (AvgIpc) is 2.88. The molecule has 2 aromatic rings. The maximum absolute atomic E-state index is 13.2. The standard InChI is InChI=1S/C31H40N4O6/c1-19(2)35(28(36)26(39-8)29(37)40-9)25-18-20(3)23(17-21(25)4)11-10-16-33-24-14-12-22(13-15-24)27(32)34-30(38)41-31(5,6)7/h12-15,17-19,26,33H,16H2,1-9H3,(H2,32,34,38). The van der Waals surface area contributed by atoms with E-state index in [1.165, 1.54) is 14.2 Å². The van der Waals surface area contributed by atoms with Crippen molar-refractivity contribution in [2.75, 3.05) is 31.0 Å².